The molecule has 2 aliphatic rings. The van der Waals surface area contributed by atoms with Gasteiger partial charge in [0.2, 0.25) is 5.90 Å². The fourth-order valence-corrected chi connectivity index (χ4v) is 4.92. The first kappa shape index (κ1) is 12.4. The number of nitrogens with zero attached hydrogens (tertiary/aromatic N) is 1. The van der Waals surface area contributed by atoms with Crippen LogP contribution in [0.4, 0.5) is 0 Å². The van der Waals surface area contributed by atoms with Crippen molar-refractivity contribution in [2.75, 3.05) is 18.1 Å². The predicted molar refractivity (Wildman–Crippen MR) is 80.6 cm³/mol. The molecule has 0 aliphatic carbocycles. The number of rotatable bonds is 3. The van der Waals surface area contributed by atoms with Gasteiger partial charge in [0.15, 0.2) is 0 Å². The topological polar surface area (TPSA) is 21.6 Å². The van der Waals surface area contributed by atoms with Gasteiger partial charge in [-0.15, -0.1) is 23.5 Å². The van der Waals surface area contributed by atoms with Crippen molar-refractivity contribution in [3.8, 4) is 0 Å². The molecule has 4 heteroatoms. The minimum atomic E-state index is 0.311. The minimum Gasteiger partial charge on any atom is -0.477 e. The fourth-order valence-electron chi connectivity index (χ4n) is 2.19. The van der Waals surface area contributed by atoms with Crippen LogP contribution in [0.1, 0.15) is 12.0 Å². The van der Waals surface area contributed by atoms with E-state index in [1.807, 2.05) is 23.5 Å². The highest BCUT2D eigenvalue weighted by Gasteiger charge is 2.28. The quantitative estimate of drug-likeness (QED) is 0.848. The van der Waals surface area contributed by atoms with Crippen LogP contribution >= 0.6 is 23.5 Å². The molecule has 0 unspecified atom stereocenters. The van der Waals surface area contributed by atoms with E-state index in [1.54, 1.807) is 0 Å². The average molecular weight is 279 g/mol. The first-order chi connectivity index (χ1) is 8.92. The minimum absolute atomic E-state index is 0.311. The molecule has 2 aliphatic heterocycles. The number of hydrogen-bond acceptors (Lipinski definition) is 4. The van der Waals surface area contributed by atoms with E-state index in [4.69, 9.17) is 9.73 Å². The van der Waals surface area contributed by atoms with Gasteiger partial charge in [-0.25, -0.2) is 4.99 Å². The maximum atomic E-state index is 5.79. The Kier molecular flexibility index (Phi) is 4.16. The van der Waals surface area contributed by atoms with Gasteiger partial charge < -0.3 is 4.74 Å². The molecule has 0 N–H and O–H groups in total. The van der Waals surface area contributed by atoms with Crippen LogP contribution in [0.25, 0.3) is 0 Å². The molecule has 0 aromatic heterocycles. The molecule has 0 amide bonds. The van der Waals surface area contributed by atoms with Crippen molar-refractivity contribution in [1.29, 1.82) is 0 Å². The van der Waals surface area contributed by atoms with E-state index in [9.17, 15) is 0 Å². The summed E-state index contributed by atoms with van der Waals surface area (Å²) in [5.41, 5.74) is 1.35. The van der Waals surface area contributed by atoms with Crippen molar-refractivity contribution in [2.45, 2.75) is 23.5 Å². The molecule has 1 aromatic rings. The van der Waals surface area contributed by atoms with Crippen molar-refractivity contribution >= 4 is 29.4 Å². The Balaban J connectivity index is 1.61. The van der Waals surface area contributed by atoms with E-state index < -0.39 is 0 Å². The summed E-state index contributed by atoms with van der Waals surface area (Å²) < 4.78 is 6.23. The van der Waals surface area contributed by atoms with Gasteiger partial charge >= 0.3 is 0 Å². The lowest BCUT2D eigenvalue weighted by molar-refractivity contribution is 0.313. The van der Waals surface area contributed by atoms with E-state index in [0.29, 0.717) is 10.6 Å². The van der Waals surface area contributed by atoms with Gasteiger partial charge in [-0.3, -0.25) is 0 Å². The van der Waals surface area contributed by atoms with Crippen molar-refractivity contribution in [2.24, 2.45) is 4.99 Å². The maximum absolute atomic E-state index is 5.79. The smallest absolute Gasteiger partial charge is 0.207 e. The van der Waals surface area contributed by atoms with Crippen molar-refractivity contribution in [1.82, 2.24) is 0 Å². The summed E-state index contributed by atoms with van der Waals surface area (Å²) in [4.78, 5) is 4.76. The SMILES string of the molecule is c1ccc(C[C@H]2COC(C3SCCCS3)=N2)cc1. The fraction of sp³-hybridized carbons (Fsp3) is 0.500. The second-order valence-electron chi connectivity index (χ2n) is 4.55. The summed E-state index contributed by atoms with van der Waals surface area (Å²) in [6.45, 7) is 0.752. The normalized spacial score (nSPS) is 24.7. The Labute approximate surface area is 117 Å². The summed E-state index contributed by atoms with van der Waals surface area (Å²) in [7, 11) is 0. The van der Waals surface area contributed by atoms with Crippen LogP contribution in [0.15, 0.2) is 35.3 Å². The van der Waals surface area contributed by atoms with Crippen LogP contribution in [0.3, 0.4) is 0 Å². The first-order valence-electron chi connectivity index (χ1n) is 6.39. The second kappa shape index (κ2) is 6.02. The van der Waals surface area contributed by atoms with Gasteiger partial charge in [0.05, 0.1) is 6.04 Å². The Morgan fingerprint density at radius 1 is 1.17 bits per heavy atom. The van der Waals surface area contributed by atoms with Crippen LogP contribution in [-0.4, -0.2) is 34.6 Å². The van der Waals surface area contributed by atoms with Crippen molar-refractivity contribution in [3.05, 3.63) is 35.9 Å². The summed E-state index contributed by atoms with van der Waals surface area (Å²) in [6, 6.07) is 10.9. The highest BCUT2D eigenvalue weighted by atomic mass is 32.2. The van der Waals surface area contributed by atoms with Crippen LogP contribution < -0.4 is 0 Å². The van der Waals surface area contributed by atoms with Crippen LogP contribution in [-0.2, 0) is 11.2 Å². The average Bonchev–Trinajstić information content (AvgIpc) is 2.89. The van der Waals surface area contributed by atoms with Crippen LogP contribution in [0.5, 0.6) is 0 Å². The number of thioether (sulfide) groups is 2. The summed E-state index contributed by atoms with van der Waals surface area (Å²) >= 11 is 3.95. The number of hydrogen-bond donors (Lipinski definition) is 0. The van der Waals surface area contributed by atoms with Gasteiger partial charge in [0.1, 0.15) is 11.2 Å². The number of aliphatic imine (C=N–C) groups is 1. The van der Waals surface area contributed by atoms with Crippen LogP contribution in [0.2, 0.25) is 0 Å². The maximum Gasteiger partial charge on any atom is 0.207 e. The predicted octanol–water partition coefficient (Wildman–Crippen LogP) is 3.22. The molecule has 18 heavy (non-hydrogen) atoms. The Morgan fingerprint density at radius 2 is 1.94 bits per heavy atom. The van der Waals surface area contributed by atoms with Gasteiger partial charge in [0, 0.05) is 0 Å². The monoisotopic (exact) mass is 279 g/mol. The first-order valence-corrected chi connectivity index (χ1v) is 8.49. The Bertz CT molecular complexity index is 415. The molecule has 3 rings (SSSR count). The lowest BCUT2D eigenvalue weighted by atomic mass is 10.1. The third kappa shape index (κ3) is 3.04. The molecule has 0 spiro atoms. The zero-order valence-corrected chi connectivity index (χ0v) is 11.9. The Hall–Kier alpha value is -0.610. The summed E-state index contributed by atoms with van der Waals surface area (Å²) in [5.74, 6) is 3.46. The van der Waals surface area contributed by atoms with Gasteiger partial charge in [0.25, 0.3) is 0 Å². The highest BCUT2D eigenvalue weighted by molar-refractivity contribution is 8.18. The summed E-state index contributed by atoms with van der Waals surface area (Å²) in [6.07, 6.45) is 2.30. The Morgan fingerprint density at radius 3 is 2.72 bits per heavy atom. The molecule has 1 saturated heterocycles. The molecule has 2 heterocycles. The third-order valence-corrected chi connectivity index (χ3v) is 5.95. The van der Waals surface area contributed by atoms with E-state index in [-0.39, 0.29) is 0 Å². The second-order valence-corrected chi connectivity index (χ2v) is 7.27. The number of ether oxygens (including phenoxy) is 1. The highest BCUT2D eigenvalue weighted by Crippen LogP contribution is 2.33. The number of benzene rings is 1. The zero-order chi connectivity index (χ0) is 12.2. The van der Waals surface area contributed by atoms with Gasteiger partial charge in [-0.1, -0.05) is 30.3 Å². The van der Waals surface area contributed by atoms with Gasteiger partial charge in [-0.2, -0.15) is 0 Å². The zero-order valence-electron chi connectivity index (χ0n) is 10.2. The molecule has 1 atom stereocenters. The molecule has 0 radical (unpaired) electrons. The van der Waals surface area contributed by atoms with E-state index in [1.165, 1.54) is 23.5 Å². The van der Waals surface area contributed by atoms with Gasteiger partial charge in [-0.05, 0) is 29.9 Å². The molecule has 0 saturated carbocycles. The molecule has 2 nitrogen and oxygen atoms in total. The lowest BCUT2D eigenvalue weighted by Crippen LogP contribution is -2.18. The molecular formula is C14H17NOS2. The van der Waals surface area contributed by atoms with E-state index >= 15 is 0 Å². The molecule has 0 bridgehead atoms. The van der Waals surface area contributed by atoms with E-state index in [0.717, 1.165) is 18.9 Å². The van der Waals surface area contributed by atoms with Crippen LogP contribution in [0, 0.1) is 0 Å². The standard InChI is InChI=1S/C14H17NOS2/c1-2-5-11(6-3-1)9-12-10-16-13(15-12)14-17-7-4-8-18-14/h1-3,5-6,12,14H,4,7-10H2/t12-/m0/s1. The molecule has 1 fully saturated rings. The third-order valence-electron chi connectivity index (χ3n) is 3.08. The van der Waals surface area contributed by atoms with Crippen molar-refractivity contribution in [3.63, 3.8) is 0 Å². The molecule has 1 aromatic carbocycles. The lowest BCUT2D eigenvalue weighted by Gasteiger charge is -2.19. The largest absolute Gasteiger partial charge is 0.477 e. The summed E-state index contributed by atoms with van der Waals surface area (Å²) in [5, 5.41) is 0. The van der Waals surface area contributed by atoms with Crippen molar-refractivity contribution < 1.29 is 4.74 Å². The molecular weight excluding hydrogens is 262 g/mol. The molecule has 96 valence electrons. The van der Waals surface area contributed by atoms with E-state index in [2.05, 4.69) is 30.3 Å².